The fraction of sp³-hybridized carbons (Fsp3) is 0.250. The molecule has 1 atom stereocenters. The Balaban J connectivity index is 1.65. The maximum atomic E-state index is 12.5. The second kappa shape index (κ2) is 9.45. The number of alkyl carbamates (subject to hydrolysis) is 1. The summed E-state index contributed by atoms with van der Waals surface area (Å²) >= 11 is 0. The van der Waals surface area contributed by atoms with Crippen molar-refractivity contribution in [1.29, 1.82) is 0 Å². The van der Waals surface area contributed by atoms with Crippen LogP contribution in [0.15, 0.2) is 54.9 Å². The number of nitrogens with zero attached hydrogens (tertiary/aromatic N) is 2. The van der Waals surface area contributed by atoms with Gasteiger partial charge in [-0.25, -0.2) is 9.59 Å². The molecule has 2 aromatic rings. The van der Waals surface area contributed by atoms with Gasteiger partial charge in [0, 0.05) is 31.7 Å². The number of nitrogens with one attached hydrogen (secondary N) is 1. The van der Waals surface area contributed by atoms with E-state index in [2.05, 4.69) is 10.3 Å². The van der Waals surface area contributed by atoms with Crippen molar-refractivity contribution < 1.29 is 28.8 Å². The highest BCUT2D eigenvalue weighted by Gasteiger charge is 2.35. The number of pyridine rings is 1. The molecule has 0 aliphatic carbocycles. The number of rotatable bonds is 7. The topological polar surface area (TPSA) is 115 Å². The summed E-state index contributed by atoms with van der Waals surface area (Å²) in [6.07, 6.45) is 2.27. The highest BCUT2D eigenvalue weighted by Crippen LogP contribution is 2.14. The van der Waals surface area contributed by atoms with E-state index in [4.69, 9.17) is 9.57 Å². The molecule has 29 heavy (non-hydrogen) atoms. The van der Waals surface area contributed by atoms with E-state index in [1.807, 2.05) is 18.2 Å². The summed E-state index contributed by atoms with van der Waals surface area (Å²) in [5.41, 5.74) is 1.43. The van der Waals surface area contributed by atoms with E-state index in [0.29, 0.717) is 10.6 Å². The molecule has 0 saturated carbocycles. The number of carbonyl (C=O) groups is 4. The van der Waals surface area contributed by atoms with Gasteiger partial charge in [-0.1, -0.05) is 36.4 Å². The Morgan fingerprint density at radius 2 is 1.72 bits per heavy atom. The maximum Gasteiger partial charge on any atom is 0.408 e. The normalized spacial score (nSPS) is 14.4. The SMILES string of the molecule is O=C(NC(Cc1cccnc1)C(=O)ON1C(=O)CCC1=O)OCc1ccccc1. The summed E-state index contributed by atoms with van der Waals surface area (Å²) in [5, 5.41) is 2.87. The molecular weight excluding hydrogens is 378 g/mol. The molecule has 0 bridgehead atoms. The zero-order valence-electron chi connectivity index (χ0n) is 15.4. The van der Waals surface area contributed by atoms with Crippen molar-refractivity contribution in [3.05, 3.63) is 66.0 Å². The Labute approximate surface area is 166 Å². The molecule has 150 valence electrons. The van der Waals surface area contributed by atoms with Crippen molar-refractivity contribution in [2.45, 2.75) is 31.9 Å². The van der Waals surface area contributed by atoms with E-state index in [1.165, 1.54) is 6.20 Å². The molecule has 3 amide bonds. The van der Waals surface area contributed by atoms with Gasteiger partial charge in [0.15, 0.2) is 0 Å². The molecule has 1 aromatic heterocycles. The first-order valence-electron chi connectivity index (χ1n) is 8.96. The fourth-order valence-corrected chi connectivity index (χ4v) is 2.67. The van der Waals surface area contributed by atoms with Crippen LogP contribution < -0.4 is 5.32 Å². The standard InChI is InChI=1S/C20H19N3O6/c24-17-8-9-18(25)23(17)29-19(26)16(11-15-7-4-10-21-12-15)22-20(27)28-13-14-5-2-1-3-6-14/h1-7,10,12,16H,8-9,11,13H2,(H,22,27). The fourth-order valence-electron chi connectivity index (χ4n) is 2.67. The van der Waals surface area contributed by atoms with Crippen molar-refractivity contribution in [1.82, 2.24) is 15.4 Å². The predicted octanol–water partition coefficient (Wildman–Crippen LogP) is 1.53. The smallest absolute Gasteiger partial charge is 0.408 e. The molecule has 9 heteroatoms. The van der Waals surface area contributed by atoms with E-state index in [1.54, 1.807) is 30.5 Å². The molecule has 2 heterocycles. The van der Waals surface area contributed by atoms with Crippen molar-refractivity contribution >= 4 is 23.9 Å². The van der Waals surface area contributed by atoms with Gasteiger partial charge in [-0.15, -0.1) is 5.06 Å². The summed E-state index contributed by atoms with van der Waals surface area (Å²) in [6, 6.07) is 11.3. The van der Waals surface area contributed by atoms with Crippen molar-refractivity contribution in [3.63, 3.8) is 0 Å². The number of ether oxygens (including phenoxy) is 1. The van der Waals surface area contributed by atoms with Crippen LogP contribution in [-0.2, 0) is 37.0 Å². The van der Waals surface area contributed by atoms with Crippen molar-refractivity contribution in [3.8, 4) is 0 Å². The minimum Gasteiger partial charge on any atom is -0.445 e. The second-order valence-corrected chi connectivity index (χ2v) is 6.32. The molecule has 1 aliphatic rings. The molecule has 1 unspecified atom stereocenters. The van der Waals surface area contributed by atoms with Crippen LogP contribution >= 0.6 is 0 Å². The Morgan fingerprint density at radius 3 is 2.38 bits per heavy atom. The first-order chi connectivity index (χ1) is 14.0. The van der Waals surface area contributed by atoms with Gasteiger partial charge in [-0.05, 0) is 17.2 Å². The van der Waals surface area contributed by atoms with Crippen LogP contribution in [0.3, 0.4) is 0 Å². The van der Waals surface area contributed by atoms with E-state index in [0.717, 1.165) is 5.56 Å². The lowest BCUT2D eigenvalue weighted by Gasteiger charge is -2.20. The van der Waals surface area contributed by atoms with Gasteiger partial charge in [0.1, 0.15) is 12.6 Å². The van der Waals surface area contributed by atoms with Crippen LogP contribution in [0.1, 0.15) is 24.0 Å². The molecule has 0 spiro atoms. The largest absolute Gasteiger partial charge is 0.445 e. The van der Waals surface area contributed by atoms with Crippen molar-refractivity contribution in [2.24, 2.45) is 0 Å². The third kappa shape index (κ3) is 5.61. The number of aromatic nitrogens is 1. The third-order valence-electron chi connectivity index (χ3n) is 4.14. The van der Waals surface area contributed by atoms with E-state index in [9.17, 15) is 19.2 Å². The van der Waals surface area contributed by atoms with Gasteiger partial charge in [0.05, 0.1) is 0 Å². The van der Waals surface area contributed by atoms with Crippen LogP contribution in [0.25, 0.3) is 0 Å². The zero-order valence-corrected chi connectivity index (χ0v) is 15.4. The Bertz CT molecular complexity index is 872. The summed E-state index contributed by atoms with van der Waals surface area (Å²) in [5.74, 6) is -2.15. The van der Waals surface area contributed by atoms with Gasteiger partial charge in [0.25, 0.3) is 11.8 Å². The average Bonchev–Trinajstić information content (AvgIpc) is 3.05. The van der Waals surface area contributed by atoms with Gasteiger partial charge >= 0.3 is 12.1 Å². The number of carbonyl (C=O) groups excluding carboxylic acids is 4. The first kappa shape index (κ1) is 20.0. The lowest BCUT2D eigenvalue weighted by atomic mass is 10.1. The second-order valence-electron chi connectivity index (χ2n) is 6.32. The van der Waals surface area contributed by atoms with E-state index in [-0.39, 0.29) is 25.9 Å². The van der Waals surface area contributed by atoms with E-state index < -0.39 is 29.9 Å². The molecule has 0 radical (unpaired) electrons. The predicted molar refractivity (Wildman–Crippen MR) is 98.7 cm³/mol. The van der Waals surface area contributed by atoms with Crippen molar-refractivity contribution in [2.75, 3.05) is 0 Å². The molecule has 1 aliphatic heterocycles. The highest BCUT2D eigenvalue weighted by molar-refractivity contribution is 6.01. The Hall–Kier alpha value is -3.75. The van der Waals surface area contributed by atoms with Gasteiger partial charge < -0.3 is 14.9 Å². The molecule has 3 rings (SSSR count). The number of imide groups is 1. The minimum absolute atomic E-state index is 0.0183. The number of benzene rings is 1. The highest BCUT2D eigenvalue weighted by atomic mass is 16.7. The molecule has 1 N–H and O–H groups in total. The zero-order chi connectivity index (χ0) is 20.6. The Kier molecular flexibility index (Phi) is 6.51. The monoisotopic (exact) mass is 397 g/mol. The molecular formula is C20H19N3O6. The van der Waals surface area contributed by atoms with Crippen LogP contribution in [-0.4, -0.2) is 40.0 Å². The van der Waals surface area contributed by atoms with Gasteiger partial charge in [-0.3, -0.25) is 14.6 Å². The average molecular weight is 397 g/mol. The third-order valence-corrected chi connectivity index (χ3v) is 4.14. The minimum atomic E-state index is -1.18. The van der Waals surface area contributed by atoms with Crippen LogP contribution in [0.5, 0.6) is 0 Å². The molecule has 1 aromatic carbocycles. The lowest BCUT2D eigenvalue weighted by Crippen LogP contribution is -2.46. The number of amides is 3. The van der Waals surface area contributed by atoms with Crippen LogP contribution in [0, 0.1) is 0 Å². The Morgan fingerprint density at radius 1 is 1.03 bits per heavy atom. The lowest BCUT2D eigenvalue weighted by molar-refractivity contribution is -0.198. The van der Waals surface area contributed by atoms with Crippen LogP contribution in [0.4, 0.5) is 4.79 Å². The summed E-state index contributed by atoms with van der Waals surface area (Å²) in [4.78, 5) is 57.0. The number of hydroxylamine groups is 2. The molecule has 1 saturated heterocycles. The van der Waals surface area contributed by atoms with Crippen LogP contribution in [0.2, 0.25) is 0 Å². The summed E-state index contributed by atoms with van der Waals surface area (Å²) in [6.45, 7) is 0.0183. The van der Waals surface area contributed by atoms with Gasteiger partial charge in [-0.2, -0.15) is 0 Å². The first-order valence-corrected chi connectivity index (χ1v) is 8.96. The molecule has 1 fully saturated rings. The van der Waals surface area contributed by atoms with E-state index >= 15 is 0 Å². The number of hydrogen-bond donors (Lipinski definition) is 1. The van der Waals surface area contributed by atoms with Gasteiger partial charge in [0.2, 0.25) is 0 Å². The quantitative estimate of drug-likeness (QED) is 0.705. The summed E-state index contributed by atoms with van der Waals surface area (Å²) < 4.78 is 5.14. The number of hydrogen-bond acceptors (Lipinski definition) is 7. The molecule has 9 nitrogen and oxygen atoms in total. The maximum absolute atomic E-state index is 12.5. The summed E-state index contributed by atoms with van der Waals surface area (Å²) in [7, 11) is 0.